The van der Waals surface area contributed by atoms with E-state index in [9.17, 15) is 23.9 Å². The SMILES string of the molecule is C[C@@H]1CNCC(=O)N(C)[C@H](C)C(=O)N[C@H](Cc2ccc(O)c(F)c2)C(=O)NCCCc2ccccc2O1. The number of nitrogens with zero attached hydrogens (tertiary/aromatic N) is 1. The second-order valence-electron chi connectivity index (χ2n) is 9.29. The molecule has 0 saturated heterocycles. The molecule has 2 aromatic rings. The number of amides is 3. The van der Waals surface area contributed by atoms with Crippen LogP contribution < -0.4 is 20.7 Å². The van der Waals surface area contributed by atoms with Gasteiger partial charge in [0.2, 0.25) is 17.7 Å². The van der Waals surface area contributed by atoms with Crippen LogP contribution >= 0.6 is 0 Å². The summed E-state index contributed by atoms with van der Waals surface area (Å²) in [6.45, 7) is 4.29. The average Bonchev–Trinajstić information content (AvgIpc) is 2.87. The van der Waals surface area contributed by atoms with Gasteiger partial charge in [-0.15, -0.1) is 0 Å². The lowest BCUT2D eigenvalue weighted by atomic mass is 10.0. The molecule has 0 aliphatic carbocycles. The van der Waals surface area contributed by atoms with Crippen LogP contribution in [0.25, 0.3) is 0 Å². The second-order valence-corrected chi connectivity index (χ2v) is 9.29. The largest absolute Gasteiger partial charge is 0.505 e. The molecule has 1 aliphatic heterocycles. The Morgan fingerprint density at radius 3 is 2.62 bits per heavy atom. The maximum atomic E-state index is 13.9. The number of phenols is 1. The summed E-state index contributed by atoms with van der Waals surface area (Å²) in [7, 11) is 1.52. The monoisotopic (exact) mass is 514 g/mol. The molecule has 0 radical (unpaired) electrons. The van der Waals surface area contributed by atoms with Crippen LogP contribution in [0.2, 0.25) is 0 Å². The summed E-state index contributed by atoms with van der Waals surface area (Å²) >= 11 is 0. The number of halogens is 1. The maximum Gasteiger partial charge on any atom is 0.243 e. The zero-order valence-electron chi connectivity index (χ0n) is 21.4. The van der Waals surface area contributed by atoms with Gasteiger partial charge in [0, 0.05) is 26.6 Å². The van der Waals surface area contributed by atoms with Gasteiger partial charge in [0.25, 0.3) is 0 Å². The molecule has 4 N–H and O–H groups in total. The first kappa shape index (κ1) is 27.9. The third kappa shape index (κ3) is 7.91. The van der Waals surface area contributed by atoms with Crippen molar-refractivity contribution in [1.82, 2.24) is 20.9 Å². The van der Waals surface area contributed by atoms with Gasteiger partial charge in [-0.05, 0) is 56.0 Å². The highest BCUT2D eigenvalue weighted by molar-refractivity contribution is 5.92. The molecular formula is C27H35FN4O5. The topological polar surface area (TPSA) is 120 Å². The van der Waals surface area contributed by atoms with E-state index in [1.54, 1.807) is 6.92 Å². The van der Waals surface area contributed by atoms with Crippen LogP contribution in [-0.2, 0) is 27.2 Å². The molecule has 2 aromatic carbocycles. The number of nitrogens with one attached hydrogen (secondary N) is 3. The van der Waals surface area contributed by atoms with Gasteiger partial charge in [0.05, 0.1) is 6.54 Å². The van der Waals surface area contributed by atoms with Crippen LogP contribution in [0.4, 0.5) is 4.39 Å². The highest BCUT2D eigenvalue weighted by Gasteiger charge is 2.28. The Kier molecular flexibility index (Phi) is 9.85. The number of aryl methyl sites for hydroxylation is 1. The van der Waals surface area contributed by atoms with Crippen LogP contribution in [-0.4, -0.2) is 72.6 Å². The molecule has 0 fully saturated rings. The minimum Gasteiger partial charge on any atom is -0.505 e. The third-order valence-electron chi connectivity index (χ3n) is 6.37. The van der Waals surface area contributed by atoms with Crippen molar-refractivity contribution in [1.29, 1.82) is 0 Å². The van der Waals surface area contributed by atoms with Crippen LogP contribution in [0.1, 0.15) is 31.4 Å². The first-order valence-corrected chi connectivity index (χ1v) is 12.4. The normalized spacial score (nSPS) is 22.6. The van der Waals surface area contributed by atoms with Gasteiger partial charge in [-0.1, -0.05) is 24.3 Å². The van der Waals surface area contributed by atoms with E-state index in [0.717, 1.165) is 17.4 Å². The van der Waals surface area contributed by atoms with Gasteiger partial charge >= 0.3 is 0 Å². The Morgan fingerprint density at radius 1 is 1.11 bits per heavy atom. The minimum atomic E-state index is -1.00. The molecule has 3 rings (SSSR count). The lowest BCUT2D eigenvalue weighted by Crippen LogP contribution is -2.54. The summed E-state index contributed by atoms with van der Waals surface area (Å²) in [5.74, 6) is -1.79. The molecule has 0 saturated carbocycles. The predicted octanol–water partition coefficient (Wildman–Crippen LogP) is 1.53. The van der Waals surface area contributed by atoms with E-state index in [-0.39, 0.29) is 25.0 Å². The van der Waals surface area contributed by atoms with E-state index in [1.807, 2.05) is 31.2 Å². The summed E-state index contributed by atoms with van der Waals surface area (Å²) in [6, 6.07) is 9.66. The van der Waals surface area contributed by atoms with E-state index in [1.165, 1.54) is 24.1 Å². The number of ether oxygens (including phenoxy) is 1. The van der Waals surface area contributed by atoms with Crippen molar-refractivity contribution < 1.29 is 28.6 Å². The number of likely N-dealkylation sites (N-methyl/N-ethyl adjacent to an activating group) is 1. The number of carbonyl (C=O) groups is 3. The van der Waals surface area contributed by atoms with E-state index >= 15 is 0 Å². The van der Waals surface area contributed by atoms with Crippen molar-refractivity contribution in [2.24, 2.45) is 0 Å². The van der Waals surface area contributed by atoms with Crippen LogP contribution in [0.15, 0.2) is 42.5 Å². The molecule has 1 aliphatic rings. The van der Waals surface area contributed by atoms with E-state index in [0.29, 0.717) is 31.5 Å². The van der Waals surface area contributed by atoms with Crippen molar-refractivity contribution in [2.75, 3.05) is 26.7 Å². The smallest absolute Gasteiger partial charge is 0.243 e. The number of fused-ring (bicyclic) bond motifs is 1. The highest BCUT2D eigenvalue weighted by atomic mass is 19.1. The molecule has 9 nitrogen and oxygen atoms in total. The Balaban J connectivity index is 1.80. The van der Waals surface area contributed by atoms with Gasteiger partial charge in [-0.25, -0.2) is 4.39 Å². The fourth-order valence-electron chi connectivity index (χ4n) is 4.01. The molecule has 0 bridgehead atoms. The third-order valence-corrected chi connectivity index (χ3v) is 6.37. The number of phenolic OH excluding ortho intramolecular Hbond substituents is 1. The summed E-state index contributed by atoms with van der Waals surface area (Å²) in [5, 5.41) is 18.1. The lowest BCUT2D eigenvalue weighted by molar-refractivity contribution is -0.138. The zero-order valence-corrected chi connectivity index (χ0v) is 21.4. The maximum absolute atomic E-state index is 13.9. The first-order chi connectivity index (χ1) is 17.7. The fourth-order valence-corrected chi connectivity index (χ4v) is 4.01. The summed E-state index contributed by atoms with van der Waals surface area (Å²) < 4.78 is 20.0. The standard InChI is InChI=1S/C27H35FN4O5/c1-17-15-29-16-25(34)32(3)18(2)26(35)31-22(14-19-10-11-23(33)21(28)13-19)27(36)30-12-6-8-20-7-4-5-9-24(20)37-17/h4-5,7,9-11,13,17-18,22,29,33H,6,8,12,14-16H2,1-3H3,(H,30,36)(H,31,35)/t17-,18-,22-/m1/s1. The number of benzene rings is 2. The average molecular weight is 515 g/mol. The Bertz CT molecular complexity index is 1110. The number of carbonyl (C=O) groups excluding carboxylic acids is 3. The highest BCUT2D eigenvalue weighted by Crippen LogP contribution is 2.21. The van der Waals surface area contributed by atoms with Crippen molar-refractivity contribution in [3.05, 3.63) is 59.4 Å². The number of para-hydroxylation sites is 1. The summed E-state index contributed by atoms with van der Waals surface area (Å²) in [4.78, 5) is 40.0. The molecule has 0 aromatic heterocycles. The van der Waals surface area contributed by atoms with Crippen LogP contribution in [0, 0.1) is 5.82 Å². The molecule has 0 spiro atoms. The quantitative estimate of drug-likeness (QED) is 0.483. The van der Waals surface area contributed by atoms with Gasteiger partial charge in [0.15, 0.2) is 11.6 Å². The molecule has 3 atom stereocenters. The van der Waals surface area contributed by atoms with Gasteiger partial charge in [-0.3, -0.25) is 14.4 Å². The predicted molar refractivity (Wildman–Crippen MR) is 137 cm³/mol. The number of rotatable bonds is 2. The Morgan fingerprint density at radius 2 is 1.86 bits per heavy atom. The molecular weight excluding hydrogens is 479 g/mol. The van der Waals surface area contributed by atoms with Crippen molar-refractivity contribution >= 4 is 17.7 Å². The number of aromatic hydroxyl groups is 1. The zero-order chi connectivity index (χ0) is 26.9. The first-order valence-electron chi connectivity index (χ1n) is 12.4. The van der Waals surface area contributed by atoms with Gasteiger partial charge in [0.1, 0.15) is 23.9 Å². The Hall–Kier alpha value is -3.66. The summed E-state index contributed by atoms with van der Waals surface area (Å²) in [6.07, 6.45) is 1.12. The van der Waals surface area contributed by atoms with Gasteiger partial charge < -0.3 is 30.7 Å². The molecule has 200 valence electrons. The van der Waals surface area contributed by atoms with Crippen molar-refractivity contribution in [3.63, 3.8) is 0 Å². The van der Waals surface area contributed by atoms with Gasteiger partial charge in [-0.2, -0.15) is 0 Å². The minimum absolute atomic E-state index is 0.00920. The fraction of sp³-hybridized carbons (Fsp3) is 0.444. The molecule has 1 heterocycles. The van der Waals surface area contributed by atoms with Crippen LogP contribution in [0.5, 0.6) is 11.5 Å². The van der Waals surface area contributed by atoms with E-state index in [4.69, 9.17) is 4.74 Å². The lowest BCUT2D eigenvalue weighted by Gasteiger charge is -2.27. The molecule has 10 heteroatoms. The van der Waals surface area contributed by atoms with E-state index in [2.05, 4.69) is 16.0 Å². The molecule has 3 amide bonds. The molecule has 37 heavy (non-hydrogen) atoms. The number of hydrogen-bond acceptors (Lipinski definition) is 6. The summed E-state index contributed by atoms with van der Waals surface area (Å²) in [5.41, 5.74) is 1.43. The van der Waals surface area contributed by atoms with Crippen molar-refractivity contribution in [3.8, 4) is 11.5 Å². The van der Waals surface area contributed by atoms with Crippen molar-refractivity contribution in [2.45, 2.75) is 51.3 Å². The van der Waals surface area contributed by atoms with Crippen LogP contribution in [0.3, 0.4) is 0 Å². The number of hydrogen-bond donors (Lipinski definition) is 4. The Labute approximate surface area is 216 Å². The molecule has 0 unspecified atom stereocenters. The second kappa shape index (κ2) is 13.0. The van der Waals surface area contributed by atoms with E-state index < -0.39 is 35.5 Å².